The lowest BCUT2D eigenvalue weighted by atomic mass is 9.87. The molecule has 6 heteroatoms. The van der Waals surface area contributed by atoms with Crippen molar-refractivity contribution in [2.75, 3.05) is 33.7 Å². The van der Waals surface area contributed by atoms with E-state index in [0.29, 0.717) is 18.4 Å². The number of nitrogens with one attached hydrogen (secondary N) is 1. The fourth-order valence-corrected chi connectivity index (χ4v) is 5.74. The minimum absolute atomic E-state index is 0.186. The highest BCUT2D eigenvalue weighted by molar-refractivity contribution is 5.92. The van der Waals surface area contributed by atoms with Crippen LogP contribution in [0.2, 0.25) is 0 Å². The predicted molar refractivity (Wildman–Crippen MR) is 148 cm³/mol. The molecule has 1 fully saturated rings. The number of likely N-dealkylation sites (N-methyl/N-ethyl adjacent to an activating group) is 1. The Hall–Kier alpha value is -3.12. The molecule has 1 aliphatic heterocycles. The maximum absolute atomic E-state index is 12.1. The van der Waals surface area contributed by atoms with E-state index in [1.165, 1.54) is 44.5 Å². The molecule has 0 radical (unpaired) electrons. The van der Waals surface area contributed by atoms with Crippen molar-refractivity contribution in [3.63, 3.8) is 0 Å². The number of benzene rings is 1. The molecule has 1 N–H and O–H groups in total. The predicted octanol–water partition coefficient (Wildman–Crippen LogP) is 5.80. The molecular formula is C30H39N5O. The number of nitrogens with zero attached hydrogens (tertiary/aromatic N) is 4. The zero-order chi connectivity index (χ0) is 25.7. The molecule has 1 amide bonds. The summed E-state index contributed by atoms with van der Waals surface area (Å²) in [4.78, 5) is 24.6. The summed E-state index contributed by atoms with van der Waals surface area (Å²) in [5.41, 5.74) is 10.9. The van der Waals surface area contributed by atoms with Gasteiger partial charge in [0.2, 0.25) is 5.91 Å². The Kier molecular flexibility index (Phi) is 6.41. The molecule has 1 aromatic carbocycles. The smallest absolute Gasteiger partial charge is 0.236 e. The van der Waals surface area contributed by atoms with E-state index in [1.54, 1.807) is 4.90 Å². The average Bonchev–Trinajstić information content (AvgIpc) is 3.37. The van der Waals surface area contributed by atoms with E-state index >= 15 is 0 Å². The molecule has 0 unspecified atom stereocenters. The summed E-state index contributed by atoms with van der Waals surface area (Å²) in [6.07, 6.45) is 4.42. The summed E-state index contributed by atoms with van der Waals surface area (Å²) in [6.45, 7) is 13.4. The van der Waals surface area contributed by atoms with Gasteiger partial charge >= 0.3 is 0 Å². The Morgan fingerprint density at radius 1 is 1.14 bits per heavy atom. The van der Waals surface area contributed by atoms with Crippen LogP contribution in [0, 0.1) is 20.8 Å². The lowest BCUT2D eigenvalue weighted by Crippen LogP contribution is -2.40. The van der Waals surface area contributed by atoms with Gasteiger partial charge in [0.05, 0.1) is 17.9 Å². The number of aromatic nitrogens is 3. The van der Waals surface area contributed by atoms with Crippen LogP contribution in [0.1, 0.15) is 66.6 Å². The highest BCUT2D eigenvalue weighted by Gasteiger charge is 2.24. The van der Waals surface area contributed by atoms with Gasteiger partial charge in [0.15, 0.2) is 0 Å². The molecule has 4 heterocycles. The van der Waals surface area contributed by atoms with Crippen molar-refractivity contribution < 1.29 is 4.79 Å². The van der Waals surface area contributed by atoms with Crippen LogP contribution >= 0.6 is 0 Å². The number of imidazole rings is 1. The molecule has 3 aromatic heterocycles. The topological polar surface area (TPSA) is 56.6 Å². The summed E-state index contributed by atoms with van der Waals surface area (Å²) in [7, 11) is 3.66. The molecule has 0 saturated carbocycles. The number of hydrogen-bond donors (Lipinski definition) is 1. The Bertz CT molecular complexity index is 1430. The van der Waals surface area contributed by atoms with Gasteiger partial charge in [0.25, 0.3) is 0 Å². The molecule has 6 nitrogen and oxygen atoms in total. The summed E-state index contributed by atoms with van der Waals surface area (Å²) in [5.74, 6) is 1.11. The molecule has 0 spiro atoms. The lowest BCUT2D eigenvalue weighted by Gasteiger charge is -2.32. The maximum Gasteiger partial charge on any atom is 0.236 e. The van der Waals surface area contributed by atoms with E-state index in [1.807, 2.05) is 14.1 Å². The zero-order valence-electron chi connectivity index (χ0n) is 22.8. The van der Waals surface area contributed by atoms with Crippen LogP contribution < -0.4 is 0 Å². The number of carbonyl (C=O) groups excluding carboxylic acids is 1. The second-order valence-corrected chi connectivity index (χ2v) is 11.1. The first-order chi connectivity index (χ1) is 17.1. The van der Waals surface area contributed by atoms with Crippen molar-refractivity contribution in [3.05, 3.63) is 58.5 Å². The van der Waals surface area contributed by atoms with Crippen LogP contribution in [0.3, 0.4) is 0 Å². The average molecular weight is 486 g/mol. The molecule has 36 heavy (non-hydrogen) atoms. The fourth-order valence-electron chi connectivity index (χ4n) is 5.74. The number of hydrogen-bond acceptors (Lipinski definition) is 3. The van der Waals surface area contributed by atoms with Gasteiger partial charge in [-0.05, 0) is 93.4 Å². The number of amides is 1. The number of pyridine rings is 1. The first kappa shape index (κ1) is 24.6. The Morgan fingerprint density at radius 3 is 2.53 bits per heavy atom. The molecule has 0 bridgehead atoms. The summed E-state index contributed by atoms with van der Waals surface area (Å²) in [6, 6.07) is 9.26. The van der Waals surface area contributed by atoms with Crippen molar-refractivity contribution in [3.8, 4) is 11.3 Å². The summed E-state index contributed by atoms with van der Waals surface area (Å²) < 4.78 is 2.23. The number of piperidine rings is 1. The third-order valence-corrected chi connectivity index (χ3v) is 8.03. The second kappa shape index (κ2) is 9.40. The number of aryl methyl sites for hydroxylation is 3. The third-order valence-electron chi connectivity index (χ3n) is 8.03. The van der Waals surface area contributed by atoms with E-state index in [-0.39, 0.29) is 5.91 Å². The molecule has 1 aliphatic rings. The van der Waals surface area contributed by atoms with Gasteiger partial charge in [0, 0.05) is 42.5 Å². The molecule has 5 rings (SSSR count). The van der Waals surface area contributed by atoms with Crippen LogP contribution in [0.25, 0.3) is 27.8 Å². The molecule has 0 aliphatic carbocycles. The standard InChI is InChI=1S/C30H39N5O/c1-18(2)28-25-15-23(22-10-12-34(13-11-22)17-27(36)33(6)7)8-9-26(25)32-29(28)24-14-19(3)30-31-20(4)21(5)35(30)16-24/h8-9,14-16,18,22,32H,10-13,17H2,1-7H3. The monoisotopic (exact) mass is 485 g/mol. The van der Waals surface area contributed by atoms with Crippen molar-refractivity contribution >= 4 is 22.5 Å². The molecule has 0 atom stereocenters. The maximum atomic E-state index is 12.1. The third kappa shape index (κ3) is 4.32. The van der Waals surface area contributed by atoms with Gasteiger partial charge in [-0.1, -0.05) is 19.9 Å². The molecule has 4 aromatic rings. The zero-order valence-corrected chi connectivity index (χ0v) is 22.8. The fraction of sp³-hybridized carbons (Fsp3) is 0.467. The lowest BCUT2D eigenvalue weighted by molar-refractivity contribution is -0.130. The highest BCUT2D eigenvalue weighted by atomic mass is 16.2. The number of fused-ring (bicyclic) bond motifs is 2. The van der Waals surface area contributed by atoms with Crippen LogP contribution in [0.4, 0.5) is 0 Å². The number of aromatic amines is 1. The van der Waals surface area contributed by atoms with Gasteiger partial charge < -0.3 is 14.3 Å². The van der Waals surface area contributed by atoms with Crippen LogP contribution in [0.15, 0.2) is 30.5 Å². The Morgan fingerprint density at radius 2 is 1.86 bits per heavy atom. The Labute approximate surface area is 214 Å². The van der Waals surface area contributed by atoms with Crippen LogP contribution in [0.5, 0.6) is 0 Å². The number of carbonyl (C=O) groups is 1. The number of likely N-dealkylation sites (tertiary alicyclic amines) is 1. The van der Waals surface area contributed by atoms with Crippen molar-refractivity contribution in [1.29, 1.82) is 0 Å². The Balaban J connectivity index is 1.48. The largest absolute Gasteiger partial charge is 0.354 e. The first-order valence-corrected chi connectivity index (χ1v) is 13.2. The summed E-state index contributed by atoms with van der Waals surface area (Å²) in [5, 5.41) is 1.33. The number of H-pyrrole nitrogens is 1. The van der Waals surface area contributed by atoms with Crippen LogP contribution in [-0.2, 0) is 4.79 Å². The van der Waals surface area contributed by atoms with Gasteiger partial charge in [-0.2, -0.15) is 0 Å². The quantitative estimate of drug-likeness (QED) is 0.389. The van der Waals surface area contributed by atoms with Gasteiger partial charge in [-0.15, -0.1) is 0 Å². The minimum atomic E-state index is 0.186. The summed E-state index contributed by atoms with van der Waals surface area (Å²) >= 11 is 0. The minimum Gasteiger partial charge on any atom is -0.354 e. The molecule has 190 valence electrons. The molecule has 1 saturated heterocycles. The van der Waals surface area contributed by atoms with Gasteiger partial charge in [-0.25, -0.2) is 4.98 Å². The van der Waals surface area contributed by atoms with Crippen molar-refractivity contribution in [2.45, 2.75) is 59.3 Å². The van der Waals surface area contributed by atoms with E-state index < -0.39 is 0 Å². The normalized spacial score (nSPS) is 15.4. The first-order valence-electron chi connectivity index (χ1n) is 13.2. The van der Waals surface area contributed by atoms with E-state index in [9.17, 15) is 4.79 Å². The van der Waals surface area contributed by atoms with Crippen LogP contribution in [-0.4, -0.2) is 63.8 Å². The highest BCUT2D eigenvalue weighted by Crippen LogP contribution is 2.39. The van der Waals surface area contributed by atoms with Gasteiger partial charge in [0.1, 0.15) is 5.65 Å². The van der Waals surface area contributed by atoms with E-state index in [2.05, 4.69) is 79.4 Å². The second-order valence-electron chi connectivity index (χ2n) is 11.1. The van der Waals surface area contributed by atoms with E-state index in [0.717, 1.165) is 37.3 Å². The van der Waals surface area contributed by atoms with Crippen molar-refractivity contribution in [2.24, 2.45) is 0 Å². The van der Waals surface area contributed by atoms with Crippen molar-refractivity contribution in [1.82, 2.24) is 24.2 Å². The number of rotatable bonds is 5. The van der Waals surface area contributed by atoms with E-state index in [4.69, 9.17) is 4.98 Å². The molecular weight excluding hydrogens is 446 g/mol. The SMILES string of the molecule is Cc1nc2c(C)cc(-c3[nH]c4ccc(C5CCN(CC(=O)N(C)C)CC5)cc4c3C(C)C)cn2c1C. The van der Waals surface area contributed by atoms with Gasteiger partial charge in [-0.3, -0.25) is 9.69 Å².